The van der Waals surface area contributed by atoms with Gasteiger partial charge in [0, 0.05) is 33.4 Å². The van der Waals surface area contributed by atoms with Gasteiger partial charge >= 0.3 is 0 Å². The van der Waals surface area contributed by atoms with Gasteiger partial charge in [0.05, 0.1) is 22.1 Å². The first-order valence-corrected chi connectivity index (χ1v) is 12.3. The summed E-state index contributed by atoms with van der Waals surface area (Å²) >= 11 is 0. The molecule has 0 radical (unpaired) electrons. The van der Waals surface area contributed by atoms with Gasteiger partial charge in [-0.1, -0.05) is 84.9 Å². The van der Waals surface area contributed by atoms with Gasteiger partial charge in [-0.05, 0) is 47.2 Å². The molecule has 0 unspecified atom stereocenters. The predicted molar refractivity (Wildman–Crippen MR) is 150 cm³/mol. The normalized spacial score (nSPS) is 11.9. The molecule has 0 aliphatic heterocycles. The topological polar surface area (TPSA) is 22.8 Å². The molecule has 3 heteroatoms. The number of fused-ring (bicyclic) bond motifs is 10. The zero-order valence-corrected chi connectivity index (χ0v) is 19.5. The summed E-state index contributed by atoms with van der Waals surface area (Å²) in [6, 6.07) is 43.1. The van der Waals surface area contributed by atoms with E-state index < -0.39 is 0 Å². The second-order valence-corrected chi connectivity index (χ2v) is 9.22. The first kappa shape index (κ1) is 19.4. The fourth-order valence-electron chi connectivity index (χ4n) is 5.96. The van der Waals surface area contributed by atoms with E-state index in [9.17, 15) is 0 Å². The molecule has 0 aliphatic carbocycles. The second kappa shape index (κ2) is 7.30. The Labute approximate surface area is 207 Å². The highest BCUT2D eigenvalue weighted by Gasteiger charge is 2.24. The van der Waals surface area contributed by atoms with Gasteiger partial charge in [-0.2, -0.15) is 0 Å². The first-order chi connectivity index (χ1) is 17.9. The van der Waals surface area contributed by atoms with Gasteiger partial charge in [0.2, 0.25) is 0 Å². The Hall–Kier alpha value is -4.89. The molecule has 168 valence electrons. The molecule has 3 heterocycles. The van der Waals surface area contributed by atoms with E-state index in [1.165, 1.54) is 48.9 Å². The molecule has 8 aromatic rings. The van der Waals surface area contributed by atoms with E-state index in [1.54, 1.807) is 0 Å². The van der Waals surface area contributed by atoms with Crippen LogP contribution in [0.2, 0.25) is 0 Å². The first-order valence-electron chi connectivity index (χ1n) is 12.3. The molecular weight excluding hydrogens is 438 g/mol. The van der Waals surface area contributed by atoms with E-state index in [-0.39, 0.29) is 0 Å². The van der Waals surface area contributed by atoms with Crippen molar-refractivity contribution in [2.24, 2.45) is 0 Å². The van der Waals surface area contributed by atoms with Gasteiger partial charge in [-0.25, -0.2) is 4.98 Å². The number of para-hydroxylation sites is 3. The Kier molecular flexibility index (Phi) is 3.94. The third kappa shape index (κ3) is 2.49. The van der Waals surface area contributed by atoms with Gasteiger partial charge < -0.3 is 4.57 Å². The lowest BCUT2D eigenvalue weighted by atomic mass is 9.98. The highest BCUT2D eigenvalue weighted by Crippen LogP contribution is 2.46. The fraction of sp³-hybridized carbons (Fsp3) is 0. The zero-order valence-electron chi connectivity index (χ0n) is 19.5. The van der Waals surface area contributed by atoms with Crippen molar-refractivity contribution in [2.75, 3.05) is 0 Å². The Bertz CT molecular complexity index is 1930. The maximum atomic E-state index is 4.82. The van der Waals surface area contributed by atoms with E-state index in [2.05, 4.69) is 124 Å². The predicted octanol–water partition coefficient (Wildman–Crippen LogP) is 8.43. The maximum absolute atomic E-state index is 4.82. The van der Waals surface area contributed by atoms with Crippen LogP contribution in [0.5, 0.6) is 0 Å². The van der Waals surface area contributed by atoms with Crippen molar-refractivity contribution in [2.45, 2.75) is 0 Å². The zero-order chi connectivity index (χ0) is 23.6. The molecule has 36 heavy (non-hydrogen) atoms. The quantitative estimate of drug-likeness (QED) is 0.254. The summed E-state index contributed by atoms with van der Waals surface area (Å²) in [6.45, 7) is 0. The second-order valence-electron chi connectivity index (χ2n) is 9.22. The number of nitrogens with zero attached hydrogens (tertiary/aromatic N) is 3. The molecule has 0 saturated heterocycles. The number of aromatic nitrogens is 3. The molecule has 0 fully saturated rings. The van der Waals surface area contributed by atoms with Crippen LogP contribution >= 0.6 is 0 Å². The highest BCUT2D eigenvalue weighted by molar-refractivity contribution is 6.36. The Morgan fingerprint density at radius 3 is 1.53 bits per heavy atom. The van der Waals surface area contributed by atoms with Crippen molar-refractivity contribution in [3.8, 4) is 11.5 Å². The molecule has 8 rings (SSSR count). The minimum Gasteiger partial charge on any atom is -0.307 e. The van der Waals surface area contributed by atoms with Crippen molar-refractivity contribution in [1.29, 1.82) is 0 Å². The van der Waals surface area contributed by atoms with Crippen LogP contribution in [-0.4, -0.2) is 14.1 Å². The van der Waals surface area contributed by atoms with E-state index in [0.717, 1.165) is 17.0 Å². The van der Waals surface area contributed by atoms with Gasteiger partial charge in [0.15, 0.2) is 0 Å². The SMILES string of the molecule is c1ccc(-n2c3ccccc3c3c4ccccc4c4c5ccccc5n(-c5ccccn5)c4c32)cc1. The molecular formula is C33H21N3. The molecule has 0 atom stereocenters. The van der Waals surface area contributed by atoms with Crippen LogP contribution in [0, 0.1) is 0 Å². The van der Waals surface area contributed by atoms with Crippen LogP contribution in [0.3, 0.4) is 0 Å². The number of pyridine rings is 1. The van der Waals surface area contributed by atoms with E-state index in [4.69, 9.17) is 4.98 Å². The number of hydrogen-bond donors (Lipinski definition) is 0. The summed E-state index contributed by atoms with van der Waals surface area (Å²) in [5.41, 5.74) is 5.91. The average Bonchev–Trinajstić information content (AvgIpc) is 3.48. The Balaban J connectivity index is 1.79. The van der Waals surface area contributed by atoms with Gasteiger partial charge in [-0.15, -0.1) is 0 Å². The summed E-state index contributed by atoms with van der Waals surface area (Å²) in [7, 11) is 0. The molecule has 0 spiro atoms. The van der Waals surface area contributed by atoms with Gasteiger partial charge in [0.1, 0.15) is 5.82 Å². The molecule has 3 nitrogen and oxygen atoms in total. The highest BCUT2D eigenvalue weighted by atomic mass is 15.1. The minimum absolute atomic E-state index is 0.921. The molecule has 0 amide bonds. The summed E-state index contributed by atoms with van der Waals surface area (Å²) in [5.74, 6) is 0.921. The Morgan fingerprint density at radius 2 is 0.917 bits per heavy atom. The monoisotopic (exact) mass is 459 g/mol. The summed E-state index contributed by atoms with van der Waals surface area (Å²) in [4.78, 5) is 4.82. The fourth-order valence-corrected chi connectivity index (χ4v) is 5.96. The standard InChI is InChI=1S/C33H21N3/c1-2-12-22(13-3-1)35-27-18-8-6-16-25(27)30-23-14-4-5-15-24(23)31-26-17-7-9-19-28(26)36(33(31)32(30)35)29-20-10-11-21-34-29/h1-21H. The molecule has 0 bridgehead atoms. The van der Waals surface area contributed by atoms with E-state index >= 15 is 0 Å². The van der Waals surface area contributed by atoms with E-state index in [1.807, 2.05) is 12.3 Å². The van der Waals surface area contributed by atoms with Crippen LogP contribution in [0.4, 0.5) is 0 Å². The Morgan fingerprint density at radius 1 is 0.417 bits per heavy atom. The smallest absolute Gasteiger partial charge is 0.137 e. The molecule has 0 saturated carbocycles. The average molecular weight is 460 g/mol. The van der Waals surface area contributed by atoms with Crippen molar-refractivity contribution >= 4 is 54.4 Å². The van der Waals surface area contributed by atoms with Crippen LogP contribution < -0.4 is 0 Å². The van der Waals surface area contributed by atoms with Crippen molar-refractivity contribution in [3.63, 3.8) is 0 Å². The summed E-state index contributed by atoms with van der Waals surface area (Å²) in [5, 5.41) is 7.57. The molecule has 3 aromatic heterocycles. The third-order valence-corrected chi connectivity index (χ3v) is 7.33. The van der Waals surface area contributed by atoms with Crippen LogP contribution in [0.1, 0.15) is 0 Å². The summed E-state index contributed by atoms with van der Waals surface area (Å²) in [6.07, 6.45) is 1.88. The van der Waals surface area contributed by atoms with Crippen molar-refractivity contribution in [3.05, 3.63) is 128 Å². The third-order valence-electron chi connectivity index (χ3n) is 7.33. The van der Waals surface area contributed by atoms with Gasteiger partial charge in [0.25, 0.3) is 0 Å². The van der Waals surface area contributed by atoms with Crippen molar-refractivity contribution < 1.29 is 0 Å². The van der Waals surface area contributed by atoms with Crippen molar-refractivity contribution in [1.82, 2.24) is 14.1 Å². The molecule has 0 aliphatic rings. The lowest BCUT2D eigenvalue weighted by molar-refractivity contribution is 1.08. The lowest BCUT2D eigenvalue weighted by Gasteiger charge is -2.13. The number of benzene rings is 5. The molecule has 5 aromatic carbocycles. The van der Waals surface area contributed by atoms with Crippen LogP contribution in [-0.2, 0) is 0 Å². The van der Waals surface area contributed by atoms with Crippen LogP contribution in [0.25, 0.3) is 65.9 Å². The largest absolute Gasteiger partial charge is 0.307 e. The number of rotatable bonds is 2. The lowest BCUT2D eigenvalue weighted by Crippen LogP contribution is -2.00. The van der Waals surface area contributed by atoms with E-state index in [0.29, 0.717) is 0 Å². The van der Waals surface area contributed by atoms with Crippen LogP contribution in [0.15, 0.2) is 128 Å². The van der Waals surface area contributed by atoms with Gasteiger partial charge in [-0.3, -0.25) is 4.57 Å². The molecule has 0 N–H and O–H groups in total. The number of hydrogen-bond acceptors (Lipinski definition) is 1. The maximum Gasteiger partial charge on any atom is 0.137 e. The minimum atomic E-state index is 0.921. The summed E-state index contributed by atoms with van der Waals surface area (Å²) < 4.78 is 4.77.